The lowest BCUT2D eigenvalue weighted by atomic mass is 10.1. The van der Waals surface area contributed by atoms with Crippen LogP contribution in [0.15, 0.2) is 6.07 Å². The highest BCUT2D eigenvalue weighted by Crippen LogP contribution is 2.37. The standard InChI is InChI=1S/C14H19N3O/c1-9-5-16(2)6-12-4-10-3-11-7-18-8-13(11)15-14(10)17(9)12/h3,9,12H,4-8H2,1-2H3/t9-,12-/m1/s1. The molecule has 3 aliphatic heterocycles. The molecule has 18 heavy (non-hydrogen) atoms. The first-order valence-electron chi connectivity index (χ1n) is 6.78. The van der Waals surface area contributed by atoms with Crippen molar-refractivity contribution in [3.05, 3.63) is 22.9 Å². The van der Waals surface area contributed by atoms with E-state index in [4.69, 9.17) is 9.72 Å². The van der Waals surface area contributed by atoms with E-state index in [9.17, 15) is 0 Å². The van der Waals surface area contributed by atoms with Crippen molar-refractivity contribution in [2.75, 3.05) is 25.0 Å². The fourth-order valence-electron chi connectivity index (χ4n) is 3.73. The number of piperazine rings is 1. The molecule has 0 aliphatic carbocycles. The number of pyridine rings is 1. The summed E-state index contributed by atoms with van der Waals surface area (Å²) in [5.41, 5.74) is 3.88. The number of hydrogen-bond acceptors (Lipinski definition) is 4. The van der Waals surface area contributed by atoms with Crippen LogP contribution in [0.3, 0.4) is 0 Å². The molecule has 1 aromatic rings. The zero-order valence-electron chi connectivity index (χ0n) is 11.0. The van der Waals surface area contributed by atoms with E-state index in [2.05, 4.69) is 29.8 Å². The Bertz CT molecular complexity index is 502. The zero-order valence-corrected chi connectivity index (χ0v) is 11.0. The van der Waals surface area contributed by atoms with Gasteiger partial charge in [0, 0.05) is 30.7 Å². The van der Waals surface area contributed by atoms with Crippen LogP contribution in [-0.4, -0.2) is 42.1 Å². The number of aromatic nitrogens is 1. The van der Waals surface area contributed by atoms with E-state index in [1.54, 1.807) is 0 Å². The molecule has 0 N–H and O–H groups in total. The van der Waals surface area contributed by atoms with E-state index >= 15 is 0 Å². The van der Waals surface area contributed by atoms with Gasteiger partial charge in [0.05, 0.1) is 18.9 Å². The number of fused-ring (bicyclic) bond motifs is 4. The fraction of sp³-hybridized carbons (Fsp3) is 0.643. The van der Waals surface area contributed by atoms with Gasteiger partial charge >= 0.3 is 0 Å². The molecule has 0 saturated carbocycles. The second kappa shape index (κ2) is 3.68. The highest BCUT2D eigenvalue weighted by molar-refractivity contribution is 5.57. The molecule has 4 rings (SSSR count). The summed E-state index contributed by atoms with van der Waals surface area (Å²) in [7, 11) is 2.22. The van der Waals surface area contributed by atoms with E-state index in [0.717, 1.165) is 31.8 Å². The third kappa shape index (κ3) is 1.42. The molecule has 1 aromatic heterocycles. The summed E-state index contributed by atoms with van der Waals surface area (Å²) in [4.78, 5) is 9.85. The summed E-state index contributed by atoms with van der Waals surface area (Å²) < 4.78 is 5.48. The van der Waals surface area contributed by atoms with Gasteiger partial charge in [0.25, 0.3) is 0 Å². The van der Waals surface area contributed by atoms with Gasteiger partial charge in [-0.15, -0.1) is 0 Å². The van der Waals surface area contributed by atoms with Crippen LogP contribution in [0.2, 0.25) is 0 Å². The van der Waals surface area contributed by atoms with Crippen molar-refractivity contribution in [2.24, 2.45) is 0 Å². The molecule has 3 aliphatic rings. The van der Waals surface area contributed by atoms with Crippen LogP contribution in [0, 0.1) is 0 Å². The minimum Gasteiger partial charge on any atom is -0.370 e. The van der Waals surface area contributed by atoms with Crippen LogP contribution in [0.25, 0.3) is 0 Å². The molecule has 96 valence electrons. The maximum absolute atomic E-state index is 5.48. The van der Waals surface area contributed by atoms with Gasteiger partial charge in [-0.1, -0.05) is 0 Å². The predicted octanol–water partition coefficient (Wildman–Crippen LogP) is 1.18. The largest absolute Gasteiger partial charge is 0.370 e. The lowest BCUT2D eigenvalue weighted by Crippen LogP contribution is -2.55. The summed E-state index contributed by atoms with van der Waals surface area (Å²) in [6.45, 7) is 6.03. The number of ether oxygens (including phenoxy) is 1. The molecule has 1 fully saturated rings. The van der Waals surface area contributed by atoms with Gasteiger partial charge in [0.1, 0.15) is 5.82 Å². The molecule has 4 heterocycles. The van der Waals surface area contributed by atoms with Crippen LogP contribution in [0.4, 0.5) is 5.82 Å². The van der Waals surface area contributed by atoms with Crippen molar-refractivity contribution in [3.63, 3.8) is 0 Å². The maximum Gasteiger partial charge on any atom is 0.132 e. The van der Waals surface area contributed by atoms with E-state index in [1.807, 2.05) is 0 Å². The van der Waals surface area contributed by atoms with Crippen LogP contribution < -0.4 is 4.90 Å². The summed E-state index contributed by atoms with van der Waals surface area (Å²) >= 11 is 0. The van der Waals surface area contributed by atoms with Crippen molar-refractivity contribution < 1.29 is 4.74 Å². The Hall–Kier alpha value is -1.13. The Balaban J connectivity index is 1.77. The minimum absolute atomic E-state index is 0.558. The highest BCUT2D eigenvalue weighted by Gasteiger charge is 2.38. The summed E-state index contributed by atoms with van der Waals surface area (Å²) in [6, 6.07) is 3.50. The maximum atomic E-state index is 5.48. The first kappa shape index (κ1) is 10.8. The molecule has 1 saturated heterocycles. The summed E-state index contributed by atoms with van der Waals surface area (Å²) in [5.74, 6) is 1.23. The molecule has 4 nitrogen and oxygen atoms in total. The molecule has 2 atom stereocenters. The molecular weight excluding hydrogens is 226 g/mol. The Morgan fingerprint density at radius 1 is 1.28 bits per heavy atom. The number of nitrogens with zero attached hydrogens (tertiary/aromatic N) is 3. The van der Waals surface area contributed by atoms with Crippen molar-refractivity contribution in [1.29, 1.82) is 0 Å². The van der Waals surface area contributed by atoms with Crippen molar-refractivity contribution >= 4 is 5.82 Å². The average Bonchev–Trinajstić information content (AvgIpc) is 2.87. The monoisotopic (exact) mass is 245 g/mol. The van der Waals surface area contributed by atoms with Crippen molar-refractivity contribution in [1.82, 2.24) is 9.88 Å². The quantitative estimate of drug-likeness (QED) is 0.686. The first-order chi connectivity index (χ1) is 8.72. The smallest absolute Gasteiger partial charge is 0.132 e. The number of rotatable bonds is 0. The fourth-order valence-corrected chi connectivity index (χ4v) is 3.73. The van der Waals surface area contributed by atoms with E-state index in [1.165, 1.54) is 16.9 Å². The third-order valence-corrected chi connectivity index (χ3v) is 4.41. The molecule has 0 aromatic carbocycles. The second-order valence-electron chi connectivity index (χ2n) is 5.91. The van der Waals surface area contributed by atoms with Gasteiger partial charge in [-0.05, 0) is 32.0 Å². The van der Waals surface area contributed by atoms with Gasteiger partial charge in [-0.2, -0.15) is 0 Å². The van der Waals surface area contributed by atoms with Crippen LogP contribution in [0.5, 0.6) is 0 Å². The Morgan fingerprint density at radius 2 is 2.17 bits per heavy atom. The van der Waals surface area contributed by atoms with Crippen LogP contribution in [0.1, 0.15) is 23.7 Å². The van der Waals surface area contributed by atoms with Crippen LogP contribution >= 0.6 is 0 Å². The molecular formula is C14H19N3O. The van der Waals surface area contributed by atoms with Gasteiger partial charge in [0.2, 0.25) is 0 Å². The minimum atomic E-state index is 0.558. The van der Waals surface area contributed by atoms with E-state index < -0.39 is 0 Å². The van der Waals surface area contributed by atoms with Crippen molar-refractivity contribution in [2.45, 2.75) is 38.6 Å². The number of anilines is 1. The normalized spacial score (nSPS) is 30.2. The average molecular weight is 245 g/mol. The number of likely N-dealkylation sites (N-methyl/N-ethyl adjacent to an activating group) is 1. The van der Waals surface area contributed by atoms with Gasteiger partial charge in [-0.3, -0.25) is 0 Å². The topological polar surface area (TPSA) is 28.6 Å². The van der Waals surface area contributed by atoms with Crippen molar-refractivity contribution in [3.8, 4) is 0 Å². The SMILES string of the molecule is C[C@@H]1CN(C)C[C@H]2Cc3cc4c(nc3N21)COC4. The molecule has 0 unspecified atom stereocenters. The highest BCUT2D eigenvalue weighted by atomic mass is 16.5. The molecule has 0 radical (unpaired) electrons. The van der Waals surface area contributed by atoms with Crippen LogP contribution in [-0.2, 0) is 24.4 Å². The molecule has 0 spiro atoms. The predicted molar refractivity (Wildman–Crippen MR) is 69.7 cm³/mol. The Labute approximate surface area is 108 Å². The van der Waals surface area contributed by atoms with Gasteiger partial charge in [-0.25, -0.2) is 4.98 Å². The summed E-state index contributed by atoms with van der Waals surface area (Å²) in [6.07, 6.45) is 1.14. The lowest BCUT2D eigenvalue weighted by Gasteiger charge is -2.41. The number of hydrogen-bond donors (Lipinski definition) is 0. The molecule has 4 heteroatoms. The third-order valence-electron chi connectivity index (χ3n) is 4.41. The van der Waals surface area contributed by atoms with Gasteiger partial charge in [0.15, 0.2) is 0 Å². The second-order valence-corrected chi connectivity index (χ2v) is 5.91. The Morgan fingerprint density at radius 3 is 3.06 bits per heavy atom. The van der Waals surface area contributed by atoms with E-state index in [0.29, 0.717) is 18.7 Å². The van der Waals surface area contributed by atoms with E-state index in [-0.39, 0.29) is 0 Å². The Kier molecular flexibility index (Phi) is 2.20. The molecule has 0 amide bonds. The first-order valence-corrected chi connectivity index (χ1v) is 6.78. The van der Waals surface area contributed by atoms with Gasteiger partial charge < -0.3 is 14.5 Å². The molecule has 0 bridgehead atoms. The zero-order chi connectivity index (χ0) is 12.3. The lowest BCUT2D eigenvalue weighted by molar-refractivity contribution is 0.133. The summed E-state index contributed by atoms with van der Waals surface area (Å²) in [5, 5.41) is 0.